The molecule has 0 bridgehead atoms. The molecular formula is C14H20O2. The van der Waals surface area contributed by atoms with E-state index < -0.39 is 0 Å². The van der Waals surface area contributed by atoms with Gasteiger partial charge in [0.15, 0.2) is 0 Å². The second kappa shape index (κ2) is 4.88. The van der Waals surface area contributed by atoms with Crippen LogP contribution < -0.4 is 0 Å². The van der Waals surface area contributed by atoms with E-state index in [1.165, 1.54) is 19.3 Å². The lowest BCUT2D eigenvalue weighted by Crippen LogP contribution is -2.11. The Bertz CT molecular complexity index is 340. The van der Waals surface area contributed by atoms with Gasteiger partial charge in [-0.15, -0.1) is 0 Å². The minimum Gasteiger partial charge on any atom is -0.465 e. The summed E-state index contributed by atoms with van der Waals surface area (Å²) in [5, 5.41) is 0. The van der Waals surface area contributed by atoms with Gasteiger partial charge in [0.05, 0.1) is 11.9 Å². The Kier molecular flexibility index (Phi) is 3.49. The topological polar surface area (TPSA) is 22.4 Å². The van der Waals surface area contributed by atoms with Gasteiger partial charge in [-0.1, -0.05) is 19.8 Å². The van der Waals surface area contributed by atoms with Gasteiger partial charge in [0, 0.05) is 7.11 Å². The van der Waals surface area contributed by atoms with Gasteiger partial charge in [-0.2, -0.15) is 0 Å². The molecule has 1 heterocycles. The molecule has 0 aromatic carbocycles. The summed E-state index contributed by atoms with van der Waals surface area (Å²) in [5.41, 5.74) is -0.0119. The number of hydrogen-bond acceptors (Lipinski definition) is 2. The highest BCUT2D eigenvalue weighted by atomic mass is 16.5. The number of furan rings is 1. The van der Waals surface area contributed by atoms with Gasteiger partial charge in [0.25, 0.3) is 0 Å². The third kappa shape index (κ3) is 2.38. The van der Waals surface area contributed by atoms with Crippen molar-refractivity contribution in [2.75, 3.05) is 7.11 Å². The maximum absolute atomic E-state index is 5.63. The summed E-state index contributed by atoms with van der Waals surface area (Å²) in [6.07, 6.45) is 10.9. The fourth-order valence-corrected chi connectivity index (χ4v) is 2.25. The van der Waals surface area contributed by atoms with Gasteiger partial charge < -0.3 is 9.15 Å². The van der Waals surface area contributed by atoms with Crippen LogP contribution in [-0.4, -0.2) is 12.7 Å². The summed E-state index contributed by atoms with van der Waals surface area (Å²) >= 11 is 0. The lowest BCUT2D eigenvalue weighted by atomic mass is 10.1. The quantitative estimate of drug-likeness (QED) is 0.725. The summed E-state index contributed by atoms with van der Waals surface area (Å²) in [6.45, 7) is 2.23. The average molecular weight is 220 g/mol. The van der Waals surface area contributed by atoms with Crippen molar-refractivity contribution in [2.24, 2.45) is 5.92 Å². The highest BCUT2D eigenvalue weighted by Crippen LogP contribution is 2.50. The molecule has 88 valence electrons. The van der Waals surface area contributed by atoms with E-state index in [2.05, 4.69) is 13.0 Å². The van der Waals surface area contributed by atoms with Crippen molar-refractivity contribution in [1.82, 2.24) is 0 Å². The molecule has 0 saturated heterocycles. The zero-order valence-electron chi connectivity index (χ0n) is 10.1. The van der Waals surface area contributed by atoms with Crippen LogP contribution in [0.2, 0.25) is 0 Å². The van der Waals surface area contributed by atoms with Crippen LogP contribution in [0.1, 0.15) is 38.4 Å². The standard InChI is InChI=1S/C14H20O2/c1-3-4-6-12-11-14(12,15-2)9-8-13-7-5-10-16-13/h5,7-10,12H,3-4,6,11H2,1-2H3/b9-8+/t12-,14+/m1/s1. The third-order valence-electron chi connectivity index (χ3n) is 3.46. The molecule has 0 spiro atoms. The van der Waals surface area contributed by atoms with Gasteiger partial charge in [0.1, 0.15) is 5.76 Å². The van der Waals surface area contributed by atoms with E-state index in [1.54, 1.807) is 13.4 Å². The molecule has 1 aromatic heterocycles. The zero-order valence-corrected chi connectivity index (χ0v) is 10.1. The highest BCUT2D eigenvalue weighted by Gasteiger charge is 2.51. The van der Waals surface area contributed by atoms with Crippen LogP contribution in [0.3, 0.4) is 0 Å². The maximum atomic E-state index is 5.63. The van der Waals surface area contributed by atoms with E-state index in [4.69, 9.17) is 9.15 Å². The Morgan fingerprint density at radius 3 is 3.12 bits per heavy atom. The van der Waals surface area contributed by atoms with Crippen LogP contribution in [0.25, 0.3) is 6.08 Å². The van der Waals surface area contributed by atoms with Crippen LogP contribution in [0.15, 0.2) is 28.9 Å². The molecule has 16 heavy (non-hydrogen) atoms. The van der Waals surface area contributed by atoms with Gasteiger partial charge in [-0.3, -0.25) is 0 Å². The van der Waals surface area contributed by atoms with E-state index >= 15 is 0 Å². The normalized spacial score (nSPS) is 28.8. The summed E-state index contributed by atoms with van der Waals surface area (Å²) in [7, 11) is 1.80. The van der Waals surface area contributed by atoms with Crippen molar-refractivity contribution in [3.63, 3.8) is 0 Å². The lowest BCUT2D eigenvalue weighted by molar-refractivity contribution is 0.105. The number of hydrogen-bond donors (Lipinski definition) is 0. The molecule has 0 aliphatic heterocycles. The minimum absolute atomic E-state index is 0.0119. The van der Waals surface area contributed by atoms with Gasteiger partial charge in [-0.05, 0) is 43.0 Å². The predicted octanol–water partition coefficient (Wildman–Crippen LogP) is 3.89. The van der Waals surface area contributed by atoms with E-state index in [-0.39, 0.29) is 5.60 Å². The molecule has 1 aliphatic carbocycles. The Hall–Kier alpha value is -1.02. The van der Waals surface area contributed by atoms with Crippen LogP contribution in [0, 0.1) is 5.92 Å². The molecular weight excluding hydrogens is 200 g/mol. The first kappa shape index (κ1) is 11.5. The number of rotatable bonds is 6. The van der Waals surface area contributed by atoms with Gasteiger partial charge >= 0.3 is 0 Å². The van der Waals surface area contributed by atoms with Crippen molar-refractivity contribution in [1.29, 1.82) is 0 Å². The molecule has 1 fully saturated rings. The average Bonchev–Trinajstić information content (AvgIpc) is 2.74. The van der Waals surface area contributed by atoms with E-state index in [9.17, 15) is 0 Å². The van der Waals surface area contributed by atoms with Gasteiger partial charge in [0.2, 0.25) is 0 Å². The minimum atomic E-state index is -0.0119. The molecule has 1 saturated carbocycles. The Labute approximate surface area is 97.3 Å². The monoisotopic (exact) mass is 220 g/mol. The number of methoxy groups -OCH3 is 1. The smallest absolute Gasteiger partial charge is 0.126 e. The van der Waals surface area contributed by atoms with Crippen molar-refractivity contribution in [3.8, 4) is 0 Å². The molecule has 0 amide bonds. The molecule has 1 aliphatic rings. The summed E-state index contributed by atoms with van der Waals surface area (Å²) < 4.78 is 10.9. The van der Waals surface area contributed by atoms with Crippen molar-refractivity contribution in [2.45, 2.75) is 38.2 Å². The Balaban J connectivity index is 1.92. The van der Waals surface area contributed by atoms with E-state index in [0.29, 0.717) is 5.92 Å². The fourth-order valence-electron chi connectivity index (χ4n) is 2.25. The van der Waals surface area contributed by atoms with Crippen molar-refractivity contribution in [3.05, 3.63) is 30.2 Å². The maximum Gasteiger partial charge on any atom is 0.126 e. The fraction of sp³-hybridized carbons (Fsp3) is 0.571. The van der Waals surface area contributed by atoms with E-state index in [0.717, 1.165) is 12.2 Å². The van der Waals surface area contributed by atoms with Gasteiger partial charge in [-0.25, -0.2) is 0 Å². The first-order valence-corrected chi connectivity index (χ1v) is 6.08. The Morgan fingerprint density at radius 2 is 2.50 bits per heavy atom. The first-order chi connectivity index (χ1) is 7.80. The van der Waals surface area contributed by atoms with Crippen molar-refractivity contribution >= 4 is 6.08 Å². The first-order valence-electron chi connectivity index (χ1n) is 6.08. The third-order valence-corrected chi connectivity index (χ3v) is 3.46. The molecule has 1 aromatic rings. The van der Waals surface area contributed by atoms with Crippen LogP contribution in [-0.2, 0) is 4.74 Å². The highest BCUT2D eigenvalue weighted by molar-refractivity contribution is 5.46. The number of unbranched alkanes of at least 4 members (excludes halogenated alkanes) is 1. The SMILES string of the molecule is CCCC[C@@H]1C[C@]1(/C=C/c1ccco1)OC. The zero-order chi connectivity index (χ0) is 11.4. The molecule has 0 N–H and O–H groups in total. The molecule has 2 rings (SSSR count). The van der Waals surface area contributed by atoms with E-state index in [1.807, 2.05) is 18.2 Å². The molecule has 2 atom stereocenters. The largest absolute Gasteiger partial charge is 0.465 e. The summed E-state index contributed by atoms with van der Waals surface area (Å²) in [6, 6.07) is 3.86. The van der Waals surface area contributed by atoms with Crippen LogP contribution in [0.4, 0.5) is 0 Å². The second-order valence-corrected chi connectivity index (χ2v) is 4.55. The number of ether oxygens (including phenoxy) is 1. The van der Waals surface area contributed by atoms with Crippen LogP contribution in [0.5, 0.6) is 0 Å². The molecule has 2 nitrogen and oxygen atoms in total. The van der Waals surface area contributed by atoms with Crippen molar-refractivity contribution < 1.29 is 9.15 Å². The Morgan fingerprint density at radius 1 is 1.62 bits per heavy atom. The van der Waals surface area contributed by atoms with Crippen LogP contribution >= 0.6 is 0 Å². The lowest BCUT2D eigenvalue weighted by Gasteiger charge is -2.10. The predicted molar refractivity (Wildman–Crippen MR) is 65.1 cm³/mol. The summed E-state index contributed by atoms with van der Waals surface area (Å²) in [5.74, 6) is 1.60. The molecule has 0 radical (unpaired) electrons. The summed E-state index contributed by atoms with van der Waals surface area (Å²) in [4.78, 5) is 0. The second-order valence-electron chi connectivity index (χ2n) is 4.55. The molecule has 0 unspecified atom stereocenters. The molecule has 2 heteroatoms.